The van der Waals surface area contributed by atoms with Crippen molar-refractivity contribution < 1.29 is 4.74 Å². The molecule has 1 atom stereocenters. The van der Waals surface area contributed by atoms with Gasteiger partial charge in [-0.2, -0.15) is 0 Å². The fourth-order valence-electron chi connectivity index (χ4n) is 3.10. The molecule has 1 unspecified atom stereocenters. The molecule has 0 saturated heterocycles. The molecule has 0 amide bonds. The minimum atomic E-state index is -0.0133. The molecule has 106 valence electrons. The lowest BCUT2D eigenvalue weighted by molar-refractivity contribution is 0.0105. The van der Waals surface area contributed by atoms with E-state index >= 15 is 0 Å². The van der Waals surface area contributed by atoms with Gasteiger partial charge in [-0.1, -0.05) is 24.3 Å². The van der Waals surface area contributed by atoms with Gasteiger partial charge in [0.2, 0.25) is 0 Å². The summed E-state index contributed by atoms with van der Waals surface area (Å²) in [5.41, 5.74) is 3.07. The largest absolute Gasteiger partial charge is 0.379 e. The van der Waals surface area contributed by atoms with Crippen LogP contribution in [0.5, 0.6) is 0 Å². The Hall–Kier alpha value is -0.860. The van der Waals surface area contributed by atoms with Crippen LogP contribution in [0.15, 0.2) is 24.3 Å². The number of hydrogen-bond acceptors (Lipinski definition) is 2. The first-order valence-electron chi connectivity index (χ1n) is 7.35. The zero-order valence-electron chi connectivity index (χ0n) is 12.7. The lowest BCUT2D eigenvalue weighted by Gasteiger charge is -2.28. The first-order valence-corrected chi connectivity index (χ1v) is 7.35. The Bertz CT molecular complexity index is 388. The molecular weight excluding hydrogens is 234 g/mol. The molecule has 1 aromatic rings. The van der Waals surface area contributed by atoms with Crippen LogP contribution in [0.25, 0.3) is 0 Å². The van der Waals surface area contributed by atoms with E-state index in [1.807, 2.05) is 0 Å². The summed E-state index contributed by atoms with van der Waals surface area (Å²) >= 11 is 0. The summed E-state index contributed by atoms with van der Waals surface area (Å²) in [6.07, 6.45) is 4.71. The Morgan fingerprint density at radius 2 is 1.84 bits per heavy atom. The van der Waals surface area contributed by atoms with E-state index in [9.17, 15) is 0 Å². The van der Waals surface area contributed by atoms with Gasteiger partial charge in [0.05, 0.1) is 5.60 Å². The van der Waals surface area contributed by atoms with Gasteiger partial charge in [-0.05, 0) is 63.6 Å². The number of nitrogens with one attached hydrogen (secondary N) is 1. The monoisotopic (exact) mass is 261 g/mol. The molecule has 1 aromatic carbocycles. The third-order valence-electron chi connectivity index (χ3n) is 4.63. The lowest BCUT2D eigenvalue weighted by atomic mass is 9.89. The highest BCUT2D eigenvalue weighted by Crippen LogP contribution is 2.31. The van der Waals surface area contributed by atoms with Crippen LogP contribution in [0.2, 0.25) is 0 Å². The fourth-order valence-corrected chi connectivity index (χ4v) is 3.10. The van der Waals surface area contributed by atoms with Gasteiger partial charge in [0.25, 0.3) is 0 Å². The highest BCUT2D eigenvalue weighted by atomic mass is 16.5. The van der Waals surface area contributed by atoms with Crippen LogP contribution < -0.4 is 5.32 Å². The van der Waals surface area contributed by atoms with Crippen LogP contribution in [0.3, 0.4) is 0 Å². The van der Waals surface area contributed by atoms with E-state index in [0.29, 0.717) is 6.04 Å². The van der Waals surface area contributed by atoms with Crippen molar-refractivity contribution in [2.45, 2.75) is 51.2 Å². The molecular formula is C17H27NO. The number of methoxy groups -OCH3 is 1. The molecule has 1 aliphatic rings. The Balaban J connectivity index is 1.94. The third kappa shape index (κ3) is 3.58. The number of hydrogen-bond donors (Lipinski definition) is 1. The van der Waals surface area contributed by atoms with E-state index in [-0.39, 0.29) is 5.60 Å². The van der Waals surface area contributed by atoms with Crippen molar-refractivity contribution >= 4 is 0 Å². The Kier molecular flexibility index (Phi) is 4.64. The Labute approximate surface area is 117 Å². The second-order valence-corrected chi connectivity index (χ2v) is 6.33. The Morgan fingerprint density at radius 3 is 2.32 bits per heavy atom. The van der Waals surface area contributed by atoms with Crippen molar-refractivity contribution in [1.82, 2.24) is 5.32 Å². The van der Waals surface area contributed by atoms with Crippen molar-refractivity contribution in [3.63, 3.8) is 0 Å². The van der Waals surface area contributed by atoms with Crippen LogP contribution >= 0.6 is 0 Å². The standard InChI is InChI=1S/C17H27NO/c1-17(2,19-4)10-9-16(18-3)15-11-13-7-5-6-8-14(13)12-15/h5-8,15-16,18H,9-12H2,1-4H3. The maximum Gasteiger partial charge on any atom is 0.0623 e. The normalized spacial score (nSPS) is 17.5. The molecule has 0 heterocycles. The van der Waals surface area contributed by atoms with Crippen LogP contribution in [-0.4, -0.2) is 25.8 Å². The quantitative estimate of drug-likeness (QED) is 0.849. The van der Waals surface area contributed by atoms with Gasteiger partial charge in [0.1, 0.15) is 0 Å². The van der Waals surface area contributed by atoms with Crippen molar-refractivity contribution in [2.75, 3.05) is 14.2 Å². The molecule has 2 heteroatoms. The van der Waals surface area contributed by atoms with E-state index in [4.69, 9.17) is 4.74 Å². The molecule has 0 aromatic heterocycles. The average Bonchev–Trinajstić information content (AvgIpc) is 2.83. The summed E-state index contributed by atoms with van der Waals surface area (Å²) in [6.45, 7) is 4.34. The SMILES string of the molecule is CNC(CCC(C)(C)OC)C1Cc2ccccc2C1. The summed E-state index contributed by atoms with van der Waals surface area (Å²) in [7, 11) is 3.90. The summed E-state index contributed by atoms with van der Waals surface area (Å²) in [4.78, 5) is 0. The molecule has 19 heavy (non-hydrogen) atoms. The summed E-state index contributed by atoms with van der Waals surface area (Å²) < 4.78 is 5.53. The van der Waals surface area contributed by atoms with E-state index in [2.05, 4.69) is 50.5 Å². The highest BCUT2D eigenvalue weighted by Gasteiger charge is 2.29. The molecule has 2 rings (SSSR count). The zero-order chi connectivity index (χ0) is 13.9. The number of benzene rings is 1. The molecule has 1 aliphatic carbocycles. The molecule has 0 radical (unpaired) electrons. The maximum atomic E-state index is 5.53. The number of rotatable bonds is 6. The van der Waals surface area contributed by atoms with Gasteiger partial charge in [-0.3, -0.25) is 0 Å². The van der Waals surface area contributed by atoms with E-state index in [0.717, 1.165) is 12.3 Å². The van der Waals surface area contributed by atoms with Crippen molar-refractivity contribution in [1.29, 1.82) is 0 Å². The van der Waals surface area contributed by atoms with Gasteiger partial charge in [-0.15, -0.1) is 0 Å². The lowest BCUT2D eigenvalue weighted by Crippen LogP contribution is -2.36. The molecule has 1 N–H and O–H groups in total. The predicted molar refractivity (Wildman–Crippen MR) is 80.5 cm³/mol. The molecule has 2 nitrogen and oxygen atoms in total. The minimum Gasteiger partial charge on any atom is -0.379 e. The van der Waals surface area contributed by atoms with Crippen LogP contribution in [0.1, 0.15) is 37.8 Å². The molecule has 0 spiro atoms. The molecule has 0 bridgehead atoms. The second-order valence-electron chi connectivity index (χ2n) is 6.33. The second kappa shape index (κ2) is 6.06. The van der Waals surface area contributed by atoms with Crippen LogP contribution in [-0.2, 0) is 17.6 Å². The van der Waals surface area contributed by atoms with Gasteiger partial charge < -0.3 is 10.1 Å². The molecule has 0 aliphatic heterocycles. The third-order valence-corrected chi connectivity index (χ3v) is 4.63. The molecule has 0 saturated carbocycles. The van der Waals surface area contributed by atoms with Crippen LogP contribution in [0.4, 0.5) is 0 Å². The van der Waals surface area contributed by atoms with Crippen molar-refractivity contribution in [2.24, 2.45) is 5.92 Å². The summed E-state index contributed by atoms with van der Waals surface area (Å²) in [5.74, 6) is 0.732. The first-order chi connectivity index (χ1) is 9.05. The highest BCUT2D eigenvalue weighted by molar-refractivity contribution is 5.32. The average molecular weight is 261 g/mol. The van der Waals surface area contributed by atoms with Crippen LogP contribution in [0, 0.1) is 5.92 Å². The van der Waals surface area contributed by atoms with E-state index < -0.39 is 0 Å². The summed E-state index contributed by atoms with van der Waals surface area (Å²) in [5, 5.41) is 3.52. The van der Waals surface area contributed by atoms with Gasteiger partial charge >= 0.3 is 0 Å². The number of ether oxygens (including phenoxy) is 1. The van der Waals surface area contributed by atoms with Crippen molar-refractivity contribution in [3.8, 4) is 0 Å². The van der Waals surface area contributed by atoms with E-state index in [1.165, 1.54) is 19.3 Å². The van der Waals surface area contributed by atoms with Crippen molar-refractivity contribution in [3.05, 3.63) is 35.4 Å². The predicted octanol–water partition coefficient (Wildman–Crippen LogP) is 3.19. The smallest absolute Gasteiger partial charge is 0.0623 e. The summed E-state index contributed by atoms with van der Waals surface area (Å²) in [6, 6.07) is 9.46. The first kappa shape index (κ1) is 14.5. The topological polar surface area (TPSA) is 21.3 Å². The Morgan fingerprint density at radius 1 is 1.26 bits per heavy atom. The minimum absolute atomic E-state index is 0.0133. The fraction of sp³-hybridized carbons (Fsp3) is 0.647. The number of fused-ring (bicyclic) bond motifs is 1. The maximum absolute atomic E-state index is 5.53. The van der Waals surface area contributed by atoms with Gasteiger partial charge in [-0.25, -0.2) is 0 Å². The van der Waals surface area contributed by atoms with Gasteiger partial charge in [0, 0.05) is 13.2 Å². The van der Waals surface area contributed by atoms with E-state index in [1.54, 1.807) is 18.2 Å². The molecule has 0 fully saturated rings. The van der Waals surface area contributed by atoms with Gasteiger partial charge in [0.15, 0.2) is 0 Å². The zero-order valence-corrected chi connectivity index (χ0v) is 12.7.